The fraction of sp³-hybridized carbons (Fsp3) is 0.467. The van der Waals surface area contributed by atoms with Crippen LogP contribution in [0.1, 0.15) is 30.9 Å². The van der Waals surface area contributed by atoms with Gasteiger partial charge in [0.15, 0.2) is 0 Å². The number of ether oxygens (including phenoxy) is 1. The summed E-state index contributed by atoms with van der Waals surface area (Å²) in [6, 6.07) is 7.88. The van der Waals surface area contributed by atoms with Gasteiger partial charge in [0.05, 0.1) is 6.10 Å². The zero-order valence-corrected chi connectivity index (χ0v) is 11.1. The fourth-order valence-corrected chi connectivity index (χ4v) is 2.47. The van der Waals surface area contributed by atoms with Gasteiger partial charge in [-0.05, 0) is 37.0 Å². The molecule has 2 nitrogen and oxygen atoms in total. The standard InChI is InChI=1S/C15H19ClO2/c16-14-8-6-13(7-9-14)15-12(4-1-2-10-17)5-3-11-18-15/h1,4,6-9,12,15,17H,2-3,5,10-11H2/b4-1+/t12-,15-/m0/s1. The minimum Gasteiger partial charge on any atom is -0.396 e. The number of hydrogen-bond donors (Lipinski definition) is 1. The van der Waals surface area contributed by atoms with E-state index in [1.807, 2.05) is 30.3 Å². The van der Waals surface area contributed by atoms with Crippen molar-refractivity contribution in [2.24, 2.45) is 5.92 Å². The molecule has 0 amide bonds. The van der Waals surface area contributed by atoms with Gasteiger partial charge in [0.2, 0.25) is 0 Å². The van der Waals surface area contributed by atoms with Crippen molar-refractivity contribution in [1.29, 1.82) is 0 Å². The molecule has 0 bridgehead atoms. The Hall–Kier alpha value is -0.830. The van der Waals surface area contributed by atoms with E-state index in [0.29, 0.717) is 12.3 Å². The fourth-order valence-electron chi connectivity index (χ4n) is 2.34. The maximum absolute atomic E-state index is 8.81. The number of rotatable bonds is 4. The number of aliphatic hydroxyl groups is 1. The van der Waals surface area contributed by atoms with Crippen molar-refractivity contribution in [3.63, 3.8) is 0 Å². The van der Waals surface area contributed by atoms with Crippen molar-refractivity contribution in [3.05, 3.63) is 47.0 Å². The van der Waals surface area contributed by atoms with Crippen molar-refractivity contribution in [2.45, 2.75) is 25.4 Å². The predicted octanol–water partition coefficient (Wildman–Crippen LogP) is 3.75. The molecule has 0 spiro atoms. The van der Waals surface area contributed by atoms with Crippen LogP contribution in [0.15, 0.2) is 36.4 Å². The summed E-state index contributed by atoms with van der Waals surface area (Å²) in [7, 11) is 0. The van der Waals surface area contributed by atoms with E-state index in [1.165, 1.54) is 5.56 Å². The summed E-state index contributed by atoms with van der Waals surface area (Å²) >= 11 is 5.91. The van der Waals surface area contributed by atoms with Crippen LogP contribution in [0.5, 0.6) is 0 Å². The third-order valence-corrected chi connectivity index (χ3v) is 3.50. The van der Waals surface area contributed by atoms with Crippen molar-refractivity contribution >= 4 is 11.6 Å². The van der Waals surface area contributed by atoms with Gasteiger partial charge in [0, 0.05) is 24.2 Å². The highest BCUT2D eigenvalue weighted by Gasteiger charge is 2.25. The van der Waals surface area contributed by atoms with Crippen molar-refractivity contribution in [3.8, 4) is 0 Å². The zero-order valence-electron chi connectivity index (χ0n) is 10.4. The molecule has 2 rings (SSSR count). The molecule has 0 radical (unpaired) electrons. The molecule has 1 heterocycles. The third kappa shape index (κ3) is 3.58. The number of halogens is 1. The Morgan fingerprint density at radius 3 is 2.83 bits per heavy atom. The third-order valence-electron chi connectivity index (χ3n) is 3.25. The molecule has 1 aliphatic rings. The van der Waals surface area contributed by atoms with E-state index in [2.05, 4.69) is 6.08 Å². The summed E-state index contributed by atoms with van der Waals surface area (Å²) < 4.78 is 5.89. The van der Waals surface area contributed by atoms with Gasteiger partial charge < -0.3 is 9.84 Å². The molecular weight excluding hydrogens is 248 g/mol. The van der Waals surface area contributed by atoms with Crippen LogP contribution in [0.4, 0.5) is 0 Å². The van der Waals surface area contributed by atoms with Gasteiger partial charge in [0.1, 0.15) is 0 Å². The Bertz CT molecular complexity index is 386. The summed E-state index contributed by atoms with van der Waals surface area (Å²) in [5.74, 6) is 0.395. The molecule has 1 saturated heterocycles. The largest absolute Gasteiger partial charge is 0.396 e. The van der Waals surface area contributed by atoms with E-state index in [0.717, 1.165) is 24.5 Å². The van der Waals surface area contributed by atoms with Crippen LogP contribution in [0.3, 0.4) is 0 Å². The normalized spacial score (nSPS) is 24.6. The van der Waals surface area contributed by atoms with E-state index < -0.39 is 0 Å². The predicted molar refractivity (Wildman–Crippen MR) is 73.7 cm³/mol. The Labute approximate surface area is 113 Å². The molecule has 0 aliphatic carbocycles. The Balaban J connectivity index is 2.09. The maximum Gasteiger partial charge on any atom is 0.0887 e. The summed E-state index contributed by atoms with van der Waals surface area (Å²) in [6.45, 7) is 1.02. The molecule has 2 atom stereocenters. The van der Waals surface area contributed by atoms with E-state index >= 15 is 0 Å². The molecule has 18 heavy (non-hydrogen) atoms. The number of benzene rings is 1. The summed E-state index contributed by atoms with van der Waals surface area (Å²) in [6.07, 6.45) is 7.28. The topological polar surface area (TPSA) is 29.5 Å². The first-order chi connectivity index (χ1) is 8.81. The van der Waals surface area contributed by atoms with E-state index in [4.69, 9.17) is 21.4 Å². The highest BCUT2D eigenvalue weighted by molar-refractivity contribution is 6.30. The van der Waals surface area contributed by atoms with Crippen molar-refractivity contribution in [1.82, 2.24) is 0 Å². The van der Waals surface area contributed by atoms with Gasteiger partial charge in [-0.15, -0.1) is 0 Å². The first kappa shape index (κ1) is 13.6. The van der Waals surface area contributed by atoms with Gasteiger partial charge in [-0.3, -0.25) is 0 Å². The second kappa shape index (κ2) is 6.93. The smallest absolute Gasteiger partial charge is 0.0887 e. The zero-order chi connectivity index (χ0) is 12.8. The van der Waals surface area contributed by atoms with Gasteiger partial charge in [-0.2, -0.15) is 0 Å². The first-order valence-electron chi connectivity index (χ1n) is 6.46. The van der Waals surface area contributed by atoms with Gasteiger partial charge in [0.25, 0.3) is 0 Å². The molecule has 3 heteroatoms. The molecule has 1 aromatic carbocycles. The number of hydrogen-bond acceptors (Lipinski definition) is 2. The first-order valence-corrected chi connectivity index (χ1v) is 6.83. The number of aliphatic hydroxyl groups excluding tert-OH is 1. The van der Waals surface area contributed by atoms with Crippen molar-refractivity contribution in [2.75, 3.05) is 13.2 Å². The van der Waals surface area contributed by atoms with Gasteiger partial charge in [-0.25, -0.2) is 0 Å². The van der Waals surface area contributed by atoms with Crippen LogP contribution in [0.25, 0.3) is 0 Å². The second-order valence-electron chi connectivity index (χ2n) is 4.59. The van der Waals surface area contributed by atoms with E-state index in [9.17, 15) is 0 Å². The Morgan fingerprint density at radius 1 is 1.33 bits per heavy atom. The minimum atomic E-state index is 0.117. The lowest BCUT2D eigenvalue weighted by atomic mass is 9.89. The average molecular weight is 267 g/mol. The summed E-state index contributed by atoms with van der Waals surface area (Å²) in [5.41, 5.74) is 1.18. The van der Waals surface area contributed by atoms with Crippen LogP contribution in [0, 0.1) is 5.92 Å². The highest BCUT2D eigenvalue weighted by Crippen LogP contribution is 2.34. The lowest BCUT2D eigenvalue weighted by Crippen LogP contribution is -2.21. The maximum atomic E-state index is 8.81. The summed E-state index contributed by atoms with van der Waals surface area (Å²) in [5, 5.41) is 9.56. The van der Waals surface area contributed by atoms with E-state index in [-0.39, 0.29) is 12.7 Å². The van der Waals surface area contributed by atoms with Crippen molar-refractivity contribution < 1.29 is 9.84 Å². The van der Waals surface area contributed by atoms with Gasteiger partial charge >= 0.3 is 0 Å². The molecule has 1 aromatic rings. The second-order valence-corrected chi connectivity index (χ2v) is 5.03. The van der Waals surface area contributed by atoms with Crippen LogP contribution in [-0.2, 0) is 4.74 Å². The molecule has 98 valence electrons. The monoisotopic (exact) mass is 266 g/mol. The molecule has 0 aromatic heterocycles. The molecule has 1 aliphatic heterocycles. The molecule has 0 saturated carbocycles. The summed E-state index contributed by atoms with van der Waals surface area (Å²) in [4.78, 5) is 0. The van der Waals surface area contributed by atoms with Crippen LogP contribution < -0.4 is 0 Å². The average Bonchev–Trinajstić information content (AvgIpc) is 2.41. The van der Waals surface area contributed by atoms with Gasteiger partial charge in [-0.1, -0.05) is 35.9 Å². The quantitative estimate of drug-likeness (QED) is 0.841. The van der Waals surface area contributed by atoms with Crippen LogP contribution >= 0.6 is 11.6 Å². The lowest BCUT2D eigenvalue weighted by Gasteiger charge is -2.30. The lowest BCUT2D eigenvalue weighted by molar-refractivity contribution is -0.0126. The SMILES string of the molecule is OCC/C=C/[C@H]1CCCO[C@@H]1c1ccc(Cl)cc1. The molecular formula is C15H19ClO2. The van der Waals surface area contributed by atoms with E-state index in [1.54, 1.807) is 0 Å². The molecule has 0 unspecified atom stereocenters. The van der Waals surface area contributed by atoms with Crippen LogP contribution in [-0.4, -0.2) is 18.3 Å². The van der Waals surface area contributed by atoms with Crippen LogP contribution in [0.2, 0.25) is 5.02 Å². The Kier molecular flexibility index (Phi) is 5.24. The molecule has 1 fully saturated rings. The highest BCUT2D eigenvalue weighted by atomic mass is 35.5. The Morgan fingerprint density at radius 2 is 2.11 bits per heavy atom. The molecule has 1 N–H and O–H groups in total. The minimum absolute atomic E-state index is 0.117.